The quantitative estimate of drug-likeness (QED) is 0.0399. The van der Waals surface area contributed by atoms with Crippen LogP contribution in [0.25, 0.3) is 0 Å². The summed E-state index contributed by atoms with van der Waals surface area (Å²) in [5.41, 5.74) is 1.86. The number of allylic oxidation sites excluding steroid dienone is 4. The standard InChI is InChI=1S/C48H50N4O10/c1-29(61-37-13-9-35(10-14-37)49-47(53)43-25-31-5-7-33(43)23-31)41-27-39(17-19-45(41)51(55)56)59-21-3-4-22-60-40-18-20-46(52(57)58)42(28-40)30(2)62-38-15-11-36(12-16-38)50-48(54)44-26-32-6-8-34(44)24-32/h5-20,27-34,43-44H,3-4,21-26H2,1-2H3,(H,49,53)(H,50,54)/t29?,30?,31?,32?,33?,34?,43-,44-/m1/s1. The van der Waals surface area contributed by atoms with E-state index in [1.165, 1.54) is 12.1 Å². The van der Waals surface area contributed by atoms with Gasteiger partial charge >= 0.3 is 0 Å². The summed E-state index contributed by atoms with van der Waals surface area (Å²) in [5.74, 6) is 3.54. The lowest BCUT2D eigenvalue weighted by Crippen LogP contribution is -2.25. The van der Waals surface area contributed by atoms with Crippen LogP contribution in [0.4, 0.5) is 22.7 Å². The number of carbonyl (C=O) groups excluding carboxylic acids is 2. The van der Waals surface area contributed by atoms with Gasteiger partial charge in [-0.1, -0.05) is 24.3 Å². The zero-order valence-corrected chi connectivity index (χ0v) is 34.6. The number of nitrogens with one attached hydrogen (secondary N) is 2. The lowest BCUT2D eigenvalue weighted by molar-refractivity contribution is -0.386. The monoisotopic (exact) mass is 842 g/mol. The van der Waals surface area contributed by atoms with Crippen molar-refractivity contribution in [1.82, 2.24) is 0 Å². The van der Waals surface area contributed by atoms with Crippen LogP contribution in [-0.4, -0.2) is 34.9 Å². The van der Waals surface area contributed by atoms with Crippen LogP contribution in [0.15, 0.2) is 109 Å². The topological polar surface area (TPSA) is 181 Å². The SMILES string of the molecule is CC(Oc1ccc(NC(=O)[C@@H]2CC3C=CC2C3)cc1)c1cc(OCCCCOc2ccc([N+](=O)[O-])c(C(C)Oc3ccc(NC(=O)[C@@H]4CC5C=CC4C5)cc3)c2)ccc1[N+](=O)[O-]. The van der Waals surface area contributed by atoms with Crippen molar-refractivity contribution in [1.29, 1.82) is 0 Å². The number of nitro groups is 2. The maximum atomic E-state index is 12.8. The number of hydrogen-bond donors (Lipinski definition) is 2. The van der Waals surface area contributed by atoms with Crippen LogP contribution in [0.5, 0.6) is 23.0 Å². The van der Waals surface area contributed by atoms with E-state index in [2.05, 4.69) is 34.9 Å². The fourth-order valence-corrected chi connectivity index (χ4v) is 9.22. The summed E-state index contributed by atoms with van der Waals surface area (Å²) in [5, 5.41) is 29.9. The Bertz CT molecular complexity index is 2200. The van der Waals surface area contributed by atoms with Crippen LogP contribution in [-0.2, 0) is 9.59 Å². The van der Waals surface area contributed by atoms with Crippen LogP contribution in [0.1, 0.15) is 75.7 Å². The molecule has 2 N–H and O–H groups in total. The minimum Gasteiger partial charge on any atom is -0.494 e. The normalized spacial score (nSPS) is 22.5. The highest BCUT2D eigenvalue weighted by Gasteiger charge is 2.41. The number of hydrogen-bond acceptors (Lipinski definition) is 10. The molecule has 2 amide bonds. The van der Waals surface area contributed by atoms with Gasteiger partial charge in [-0.15, -0.1) is 0 Å². The molecule has 0 spiro atoms. The molecule has 4 aromatic rings. The van der Waals surface area contributed by atoms with Gasteiger partial charge in [-0.2, -0.15) is 0 Å². The van der Waals surface area contributed by atoms with Gasteiger partial charge in [0.25, 0.3) is 11.4 Å². The van der Waals surface area contributed by atoms with Crippen LogP contribution >= 0.6 is 0 Å². The highest BCUT2D eigenvalue weighted by Crippen LogP contribution is 2.45. The molecular weight excluding hydrogens is 793 g/mol. The van der Waals surface area contributed by atoms with Crippen LogP contribution < -0.4 is 29.6 Å². The molecule has 8 atom stereocenters. The van der Waals surface area contributed by atoms with Gasteiger partial charge in [-0.25, -0.2) is 0 Å². The van der Waals surface area contributed by atoms with Crippen molar-refractivity contribution < 1.29 is 38.4 Å². The van der Waals surface area contributed by atoms with E-state index in [1.807, 2.05) is 0 Å². The van der Waals surface area contributed by atoms with E-state index in [1.54, 1.807) is 86.6 Å². The van der Waals surface area contributed by atoms with Crippen LogP contribution in [0.2, 0.25) is 0 Å². The minimum absolute atomic E-state index is 0.00864. The zero-order chi connectivity index (χ0) is 43.3. The number of ether oxygens (including phenoxy) is 4. The molecule has 4 aliphatic rings. The van der Waals surface area contributed by atoms with Crippen molar-refractivity contribution >= 4 is 34.6 Å². The number of fused-ring (bicyclic) bond motifs is 4. The molecule has 8 rings (SSSR count). The van der Waals surface area contributed by atoms with Gasteiger partial charge in [0.1, 0.15) is 35.2 Å². The fourth-order valence-electron chi connectivity index (χ4n) is 9.22. The number of rotatable bonds is 19. The van der Waals surface area contributed by atoms with E-state index >= 15 is 0 Å². The molecule has 4 bridgehead atoms. The minimum atomic E-state index is -0.678. The van der Waals surface area contributed by atoms with Gasteiger partial charge in [0.15, 0.2) is 0 Å². The third-order valence-electron chi connectivity index (χ3n) is 12.4. The second-order valence-corrected chi connectivity index (χ2v) is 16.7. The first-order valence-electron chi connectivity index (χ1n) is 21.3. The average Bonchev–Trinajstić information content (AvgIpc) is 4.10. The molecule has 0 heterocycles. The Morgan fingerprint density at radius 2 is 0.968 bits per heavy atom. The smallest absolute Gasteiger partial charge is 0.276 e. The second kappa shape index (κ2) is 18.5. The molecule has 0 aromatic heterocycles. The highest BCUT2D eigenvalue weighted by atomic mass is 16.6. The molecule has 14 heteroatoms. The zero-order valence-electron chi connectivity index (χ0n) is 34.6. The van der Waals surface area contributed by atoms with Gasteiger partial charge in [-0.3, -0.25) is 29.8 Å². The van der Waals surface area contributed by atoms with E-state index in [0.29, 0.717) is 95.2 Å². The van der Waals surface area contributed by atoms with Gasteiger partial charge < -0.3 is 29.6 Å². The highest BCUT2D eigenvalue weighted by molar-refractivity contribution is 5.94. The molecule has 322 valence electrons. The molecule has 0 aliphatic heterocycles. The molecule has 0 radical (unpaired) electrons. The molecule has 4 aliphatic carbocycles. The molecule has 14 nitrogen and oxygen atoms in total. The maximum Gasteiger partial charge on any atom is 0.276 e. The molecular formula is C48H50N4O10. The summed E-state index contributed by atoms with van der Waals surface area (Å²) in [6.07, 6.45) is 12.4. The van der Waals surface area contributed by atoms with Gasteiger partial charge in [0.2, 0.25) is 11.8 Å². The van der Waals surface area contributed by atoms with Gasteiger partial charge in [-0.05, 0) is 149 Å². The third-order valence-corrected chi connectivity index (χ3v) is 12.4. The van der Waals surface area contributed by atoms with Crippen LogP contribution in [0, 0.1) is 55.7 Å². The Hall–Kier alpha value is -6.70. The molecule has 6 unspecified atom stereocenters. The Balaban J connectivity index is 0.794. The summed E-state index contributed by atoms with van der Waals surface area (Å²) >= 11 is 0. The molecule has 2 saturated carbocycles. The molecule has 4 aromatic carbocycles. The van der Waals surface area contributed by atoms with Crippen molar-refractivity contribution in [2.75, 3.05) is 23.8 Å². The number of nitrogens with zero attached hydrogens (tertiary/aromatic N) is 2. The molecule has 2 fully saturated rings. The summed E-state index contributed by atoms with van der Waals surface area (Å²) < 4.78 is 24.1. The Morgan fingerprint density at radius 1 is 0.581 bits per heavy atom. The molecule has 62 heavy (non-hydrogen) atoms. The largest absolute Gasteiger partial charge is 0.494 e. The fraction of sp³-hybridized carbons (Fsp3) is 0.375. The lowest BCUT2D eigenvalue weighted by Gasteiger charge is -2.19. The molecule has 0 saturated heterocycles. The van der Waals surface area contributed by atoms with E-state index in [0.717, 1.165) is 25.7 Å². The van der Waals surface area contributed by atoms with Gasteiger partial charge in [0, 0.05) is 35.3 Å². The Kier molecular flexibility index (Phi) is 12.5. The number of benzene rings is 4. The number of unbranched alkanes of at least 4 members (excludes halogenated alkanes) is 1. The lowest BCUT2D eigenvalue weighted by atomic mass is 9.93. The summed E-state index contributed by atoms with van der Waals surface area (Å²) in [6, 6.07) is 23.1. The third kappa shape index (κ3) is 9.75. The summed E-state index contributed by atoms with van der Waals surface area (Å²) in [7, 11) is 0. The first-order valence-corrected chi connectivity index (χ1v) is 21.3. The Labute approximate surface area is 359 Å². The van der Waals surface area contributed by atoms with E-state index < -0.39 is 22.1 Å². The number of anilines is 2. The average molecular weight is 843 g/mol. The summed E-state index contributed by atoms with van der Waals surface area (Å²) in [4.78, 5) is 48.6. The van der Waals surface area contributed by atoms with E-state index in [4.69, 9.17) is 18.9 Å². The summed E-state index contributed by atoms with van der Waals surface area (Å²) in [6.45, 7) is 4.10. The maximum absolute atomic E-state index is 12.8. The van der Waals surface area contributed by atoms with Crippen molar-refractivity contribution in [3.05, 3.63) is 141 Å². The van der Waals surface area contributed by atoms with Crippen molar-refractivity contribution in [3.63, 3.8) is 0 Å². The first kappa shape index (κ1) is 42.0. The van der Waals surface area contributed by atoms with Crippen molar-refractivity contribution in [3.8, 4) is 23.0 Å². The van der Waals surface area contributed by atoms with Crippen LogP contribution in [0.3, 0.4) is 0 Å². The first-order chi connectivity index (χ1) is 30.0. The van der Waals surface area contributed by atoms with Crippen molar-refractivity contribution in [2.45, 2.75) is 64.6 Å². The second-order valence-electron chi connectivity index (χ2n) is 16.7. The van der Waals surface area contributed by atoms with E-state index in [9.17, 15) is 29.8 Å². The van der Waals surface area contributed by atoms with E-state index in [-0.39, 0.29) is 35.0 Å². The number of amides is 2. The Morgan fingerprint density at radius 3 is 1.31 bits per heavy atom. The van der Waals surface area contributed by atoms with Gasteiger partial charge in [0.05, 0.1) is 34.2 Å². The predicted molar refractivity (Wildman–Crippen MR) is 232 cm³/mol. The predicted octanol–water partition coefficient (Wildman–Crippen LogP) is 10.3. The number of nitro benzene ring substituents is 2. The number of carbonyl (C=O) groups is 2. The van der Waals surface area contributed by atoms with Crippen molar-refractivity contribution in [2.24, 2.45) is 35.5 Å².